The number of amides is 1. The molecule has 1 saturated heterocycles. The highest BCUT2D eigenvalue weighted by molar-refractivity contribution is 5.91. The average Bonchev–Trinajstić information content (AvgIpc) is 3.55. The van der Waals surface area contributed by atoms with Gasteiger partial charge >= 0.3 is 0 Å². The molecule has 1 aliphatic carbocycles. The normalized spacial score (nSPS) is 25.4. The van der Waals surface area contributed by atoms with Gasteiger partial charge in [0.1, 0.15) is 11.5 Å². The van der Waals surface area contributed by atoms with E-state index in [1.54, 1.807) is 25.7 Å². The predicted octanol–water partition coefficient (Wildman–Crippen LogP) is 3.29. The summed E-state index contributed by atoms with van der Waals surface area (Å²) < 4.78 is 13.1. The van der Waals surface area contributed by atoms with Crippen molar-refractivity contribution in [1.29, 1.82) is 0 Å². The van der Waals surface area contributed by atoms with E-state index in [2.05, 4.69) is 4.98 Å². The van der Waals surface area contributed by atoms with Gasteiger partial charge in [0.25, 0.3) is 5.91 Å². The minimum Gasteiger partial charge on any atom is -0.497 e. The number of carbonyl (C=O) groups is 1. The lowest BCUT2D eigenvalue weighted by Gasteiger charge is -2.41. The Morgan fingerprint density at radius 1 is 1.32 bits per heavy atom. The van der Waals surface area contributed by atoms with E-state index >= 15 is 0 Å². The summed E-state index contributed by atoms with van der Waals surface area (Å²) >= 11 is 0. The molecule has 3 aromatic rings. The SMILES string of the molecule is COc1cccc([C@]2(O)CCC[C@@H]3CN(C(=O)c4ccc(Cn5ccnc5)o4)C[C@@H]32)c1. The van der Waals surface area contributed by atoms with E-state index in [0.717, 1.165) is 24.2 Å². The van der Waals surface area contributed by atoms with E-state index in [0.29, 0.717) is 37.6 Å². The molecule has 3 heterocycles. The number of methoxy groups -OCH3 is 1. The molecule has 3 atom stereocenters. The first-order valence-electron chi connectivity index (χ1n) is 10.8. The van der Waals surface area contributed by atoms with Crippen molar-refractivity contribution in [2.75, 3.05) is 20.2 Å². The second kappa shape index (κ2) is 7.89. The smallest absolute Gasteiger partial charge is 0.289 e. The molecular formula is C24H27N3O4. The van der Waals surface area contributed by atoms with Crippen LogP contribution in [0.3, 0.4) is 0 Å². The molecule has 0 spiro atoms. The van der Waals surface area contributed by atoms with Crippen LogP contribution in [0.4, 0.5) is 0 Å². The Morgan fingerprint density at radius 3 is 3.03 bits per heavy atom. The van der Waals surface area contributed by atoms with Crippen LogP contribution < -0.4 is 4.74 Å². The first-order valence-corrected chi connectivity index (χ1v) is 10.8. The van der Waals surface area contributed by atoms with Crippen molar-refractivity contribution in [3.63, 3.8) is 0 Å². The maximum Gasteiger partial charge on any atom is 0.289 e. The quantitative estimate of drug-likeness (QED) is 0.684. The van der Waals surface area contributed by atoms with Crippen molar-refractivity contribution in [1.82, 2.24) is 14.5 Å². The van der Waals surface area contributed by atoms with Gasteiger partial charge in [-0.15, -0.1) is 0 Å². The number of nitrogens with zero attached hydrogens (tertiary/aromatic N) is 3. The van der Waals surface area contributed by atoms with Gasteiger partial charge in [-0.25, -0.2) is 4.98 Å². The monoisotopic (exact) mass is 421 g/mol. The summed E-state index contributed by atoms with van der Waals surface area (Å²) in [6.45, 7) is 1.70. The van der Waals surface area contributed by atoms with E-state index in [1.807, 2.05) is 46.0 Å². The average molecular weight is 421 g/mol. The molecule has 7 nitrogen and oxygen atoms in total. The van der Waals surface area contributed by atoms with Crippen LogP contribution >= 0.6 is 0 Å². The molecule has 0 bridgehead atoms. The number of aliphatic hydroxyl groups is 1. The molecule has 2 aliphatic rings. The summed E-state index contributed by atoms with van der Waals surface area (Å²) in [4.78, 5) is 19.0. The van der Waals surface area contributed by atoms with Gasteiger partial charge in [0.15, 0.2) is 5.76 Å². The van der Waals surface area contributed by atoms with Crippen molar-refractivity contribution in [3.8, 4) is 5.75 Å². The lowest BCUT2D eigenvalue weighted by Crippen LogP contribution is -2.43. The molecule has 0 unspecified atom stereocenters. The van der Waals surface area contributed by atoms with Crippen LogP contribution in [0.1, 0.15) is 41.1 Å². The van der Waals surface area contributed by atoms with E-state index in [-0.39, 0.29) is 17.7 Å². The zero-order valence-electron chi connectivity index (χ0n) is 17.6. The molecule has 1 aromatic carbocycles. The topological polar surface area (TPSA) is 80.7 Å². The Bertz CT molecular complexity index is 1060. The minimum absolute atomic E-state index is 0.00214. The molecular weight excluding hydrogens is 394 g/mol. The Kier molecular flexibility index (Phi) is 5.06. The lowest BCUT2D eigenvalue weighted by atomic mass is 9.67. The largest absolute Gasteiger partial charge is 0.497 e. The van der Waals surface area contributed by atoms with Crippen LogP contribution in [0.2, 0.25) is 0 Å². The van der Waals surface area contributed by atoms with Crippen LogP contribution in [0.25, 0.3) is 0 Å². The zero-order chi connectivity index (χ0) is 21.4. The van der Waals surface area contributed by atoms with Crippen molar-refractivity contribution in [2.24, 2.45) is 11.8 Å². The molecule has 1 aliphatic heterocycles. The van der Waals surface area contributed by atoms with Gasteiger partial charge in [-0.1, -0.05) is 12.1 Å². The number of likely N-dealkylation sites (tertiary alicyclic amines) is 1. The van der Waals surface area contributed by atoms with E-state index in [4.69, 9.17) is 9.15 Å². The zero-order valence-corrected chi connectivity index (χ0v) is 17.6. The summed E-state index contributed by atoms with van der Waals surface area (Å²) in [6, 6.07) is 11.3. The summed E-state index contributed by atoms with van der Waals surface area (Å²) in [5.74, 6) is 1.95. The lowest BCUT2D eigenvalue weighted by molar-refractivity contribution is -0.0645. The van der Waals surface area contributed by atoms with Gasteiger partial charge < -0.3 is 23.7 Å². The van der Waals surface area contributed by atoms with Crippen LogP contribution in [0, 0.1) is 11.8 Å². The second-order valence-electron chi connectivity index (χ2n) is 8.63. The van der Waals surface area contributed by atoms with Gasteiger partial charge in [0.2, 0.25) is 0 Å². The van der Waals surface area contributed by atoms with Crippen molar-refractivity contribution in [2.45, 2.75) is 31.4 Å². The fraction of sp³-hybridized carbons (Fsp3) is 0.417. The first-order chi connectivity index (χ1) is 15.1. The molecule has 0 radical (unpaired) electrons. The first kappa shape index (κ1) is 19.9. The fourth-order valence-electron chi connectivity index (χ4n) is 5.23. The molecule has 1 amide bonds. The Balaban J connectivity index is 1.34. The van der Waals surface area contributed by atoms with Gasteiger partial charge in [0.05, 0.1) is 25.6 Å². The van der Waals surface area contributed by atoms with Crippen molar-refractivity contribution in [3.05, 3.63) is 72.2 Å². The number of aromatic nitrogens is 2. The highest BCUT2D eigenvalue weighted by Gasteiger charge is 2.51. The van der Waals surface area contributed by atoms with E-state index in [9.17, 15) is 9.90 Å². The fourth-order valence-corrected chi connectivity index (χ4v) is 5.23. The second-order valence-corrected chi connectivity index (χ2v) is 8.63. The third-order valence-corrected chi connectivity index (χ3v) is 6.81. The number of imidazole rings is 1. The Hall–Kier alpha value is -3.06. The number of furan rings is 1. The van der Waals surface area contributed by atoms with Gasteiger partial charge in [-0.05, 0) is 55.0 Å². The molecule has 1 N–H and O–H groups in total. The van der Waals surface area contributed by atoms with Crippen LogP contribution in [-0.2, 0) is 12.1 Å². The highest BCUT2D eigenvalue weighted by atomic mass is 16.5. The third kappa shape index (κ3) is 3.63. The minimum atomic E-state index is -0.956. The molecule has 31 heavy (non-hydrogen) atoms. The van der Waals surface area contributed by atoms with Gasteiger partial charge in [-0.3, -0.25) is 4.79 Å². The predicted molar refractivity (Wildman–Crippen MR) is 114 cm³/mol. The molecule has 2 fully saturated rings. The number of hydrogen-bond acceptors (Lipinski definition) is 5. The summed E-state index contributed by atoms with van der Waals surface area (Å²) in [5, 5.41) is 11.7. The highest BCUT2D eigenvalue weighted by Crippen LogP contribution is 2.48. The number of rotatable bonds is 5. The van der Waals surface area contributed by atoms with Crippen LogP contribution in [-0.4, -0.2) is 45.7 Å². The van der Waals surface area contributed by atoms with Crippen LogP contribution in [0.5, 0.6) is 5.75 Å². The maximum absolute atomic E-state index is 13.2. The standard InChI is InChI=1S/C24H27N3O4/c1-30-19-6-2-5-18(12-19)24(29)9-3-4-17-13-27(15-21(17)24)23(28)22-8-7-20(31-22)14-26-11-10-25-16-26/h2,5-8,10-12,16-17,21,29H,3-4,9,13-15H2,1H3/t17-,21+,24-/m1/s1. The molecule has 7 heteroatoms. The number of hydrogen-bond donors (Lipinski definition) is 1. The van der Waals surface area contributed by atoms with Crippen LogP contribution in [0.15, 0.2) is 59.5 Å². The number of benzene rings is 1. The van der Waals surface area contributed by atoms with Crippen molar-refractivity contribution < 1.29 is 19.1 Å². The Labute approximate surface area is 181 Å². The number of fused-ring (bicyclic) bond motifs is 1. The Morgan fingerprint density at radius 2 is 2.23 bits per heavy atom. The van der Waals surface area contributed by atoms with Gasteiger partial charge in [0, 0.05) is 31.4 Å². The van der Waals surface area contributed by atoms with E-state index in [1.165, 1.54) is 0 Å². The third-order valence-electron chi connectivity index (χ3n) is 6.81. The molecule has 5 rings (SSSR count). The molecule has 1 saturated carbocycles. The number of ether oxygens (including phenoxy) is 1. The maximum atomic E-state index is 13.2. The van der Waals surface area contributed by atoms with Gasteiger partial charge in [-0.2, -0.15) is 0 Å². The summed E-state index contributed by atoms with van der Waals surface area (Å²) in [6.07, 6.45) is 7.93. The molecule has 2 aromatic heterocycles. The summed E-state index contributed by atoms with van der Waals surface area (Å²) in [7, 11) is 1.63. The number of carbonyl (C=O) groups excluding carboxylic acids is 1. The molecule has 162 valence electrons. The summed E-state index contributed by atoms with van der Waals surface area (Å²) in [5.41, 5.74) is -0.0844. The van der Waals surface area contributed by atoms with E-state index < -0.39 is 5.60 Å². The van der Waals surface area contributed by atoms with Crippen molar-refractivity contribution >= 4 is 5.91 Å².